The van der Waals surface area contributed by atoms with Gasteiger partial charge in [0, 0.05) is 18.4 Å². The number of aliphatic imine (C=N–C) groups is 2. The van der Waals surface area contributed by atoms with Crippen LogP contribution in [-0.2, 0) is 14.3 Å². The molecule has 5 rings (SSSR count). The maximum Gasteiger partial charge on any atom is 0.335 e. The molecule has 51 heavy (non-hydrogen) atoms. The Morgan fingerprint density at radius 3 is 1.98 bits per heavy atom. The predicted molar refractivity (Wildman–Crippen MR) is 193 cm³/mol. The van der Waals surface area contributed by atoms with Gasteiger partial charge in [0.15, 0.2) is 0 Å². The van der Waals surface area contributed by atoms with Crippen molar-refractivity contribution in [2.45, 2.75) is 37.8 Å². The van der Waals surface area contributed by atoms with Gasteiger partial charge in [-0.05, 0) is 39.8 Å². The number of hydrogen-bond donors (Lipinski definition) is 2. The molecule has 0 heterocycles. The molecule has 0 unspecified atom stereocenters. The molecule has 262 valence electrons. The van der Waals surface area contributed by atoms with E-state index in [1.165, 1.54) is 6.08 Å². The van der Waals surface area contributed by atoms with E-state index in [0.29, 0.717) is 6.42 Å². The predicted octanol–water partition coefficient (Wildman–Crippen LogP) is 4.63. The highest BCUT2D eigenvalue weighted by atomic mass is 16.6. The molecule has 4 aromatic carbocycles. The number of carbonyl (C=O) groups is 2. The Labute approximate surface area is 297 Å². The number of carbonyl (C=O) groups excluding carboxylic acids is 2. The zero-order valence-electron chi connectivity index (χ0n) is 28.2. The van der Waals surface area contributed by atoms with Crippen LogP contribution in [0.4, 0.5) is 4.79 Å². The van der Waals surface area contributed by atoms with Gasteiger partial charge in [0.25, 0.3) is 0 Å². The third kappa shape index (κ3) is 9.48. The van der Waals surface area contributed by atoms with E-state index in [2.05, 4.69) is 32.4 Å². The molecular weight excluding hydrogens is 646 g/mol. The number of amides is 2. The van der Waals surface area contributed by atoms with Gasteiger partial charge in [-0.25, -0.2) is 10.2 Å². The molecule has 1 aliphatic carbocycles. The van der Waals surface area contributed by atoms with Gasteiger partial charge in [-0.1, -0.05) is 135 Å². The van der Waals surface area contributed by atoms with Gasteiger partial charge in [0.1, 0.15) is 19.2 Å². The minimum Gasteiger partial charge on any atom is -0.858 e. The molecule has 11 heteroatoms. The second-order valence-electron chi connectivity index (χ2n) is 11.7. The number of nitrogens with one attached hydrogen (secondary N) is 2. The van der Waals surface area contributed by atoms with Crippen molar-refractivity contribution in [2.24, 2.45) is 15.1 Å². The number of ether oxygens (including phenoxy) is 2. The Morgan fingerprint density at radius 1 is 0.843 bits per heavy atom. The maximum absolute atomic E-state index is 13.4. The molecule has 1 aliphatic rings. The van der Waals surface area contributed by atoms with E-state index in [0.717, 1.165) is 33.4 Å². The topological polar surface area (TPSA) is 160 Å². The Morgan fingerprint density at radius 2 is 1.41 bits per heavy atom. The molecule has 0 aliphatic heterocycles. The minimum atomic E-state index is -1.13. The summed E-state index contributed by atoms with van der Waals surface area (Å²) in [5.74, 6) is -1.90. The molecule has 2 amide bonds. The lowest BCUT2D eigenvalue weighted by atomic mass is 9.98. The number of urea groups is 1. The van der Waals surface area contributed by atoms with Crippen molar-refractivity contribution in [3.8, 4) is 11.1 Å². The van der Waals surface area contributed by atoms with Crippen molar-refractivity contribution < 1.29 is 29.3 Å². The molecule has 11 nitrogen and oxygen atoms in total. The molecule has 4 aromatic rings. The van der Waals surface area contributed by atoms with Gasteiger partial charge in [-0.2, -0.15) is 5.10 Å². The molecule has 2 N–H and O–H groups in total. The van der Waals surface area contributed by atoms with Crippen molar-refractivity contribution in [1.82, 2.24) is 10.7 Å². The zero-order chi connectivity index (χ0) is 36.0. The second kappa shape index (κ2) is 18.0. The van der Waals surface area contributed by atoms with Crippen LogP contribution >= 0.6 is 0 Å². The quantitative estimate of drug-likeness (QED) is 0.0610. The molecular formula is C40H39N5O6-2. The molecule has 0 saturated heterocycles. The van der Waals surface area contributed by atoms with Crippen molar-refractivity contribution in [3.05, 3.63) is 144 Å². The molecule has 1 atom stereocenters. The highest BCUT2D eigenvalue weighted by molar-refractivity contribution is 6.39. The van der Waals surface area contributed by atoms with Gasteiger partial charge >= 0.3 is 12.0 Å². The Hall–Kier alpha value is -6.23. The zero-order valence-corrected chi connectivity index (χ0v) is 28.2. The minimum absolute atomic E-state index is 0.0240. The molecule has 0 fully saturated rings. The summed E-state index contributed by atoms with van der Waals surface area (Å²) < 4.78 is 10.6. The highest BCUT2D eigenvalue weighted by Crippen LogP contribution is 2.44. The monoisotopic (exact) mass is 685 g/mol. The van der Waals surface area contributed by atoms with E-state index < -0.39 is 42.6 Å². The standard InChI is InChI=1S/C40H41N5O6/c1-3-15-34(42-40(49)51-26-33-31-22-13-11-20-29(31)30-21-12-14-23-32(30)33)37(38(47)41-25-35(46)50-24-4-2)44-45-39(48)43-36(27-16-7-5-8-17-27)28-18-9-6-10-19-28/h4-14,16-23,33-34,36H,2-3,15,24-26H2,1H3,(H,41,47)(H,42,49)(H2,43,45,48)/p-2/t34-/m1/s1. The van der Waals surface area contributed by atoms with Gasteiger partial charge in [-0.3, -0.25) is 14.8 Å². The van der Waals surface area contributed by atoms with Crippen molar-refractivity contribution >= 4 is 29.7 Å². The molecule has 0 saturated carbocycles. The van der Waals surface area contributed by atoms with Gasteiger partial charge in [-0.15, -0.1) is 0 Å². The number of rotatable bonds is 15. The van der Waals surface area contributed by atoms with Crippen LogP contribution in [0.25, 0.3) is 11.1 Å². The fraction of sp³-hybridized carbons (Fsp3) is 0.225. The van der Waals surface area contributed by atoms with Crippen LogP contribution in [0.3, 0.4) is 0 Å². The lowest BCUT2D eigenvalue weighted by Crippen LogP contribution is -2.42. The summed E-state index contributed by atoms with van der Waals surface area (Å²) in [7, 11) is 0. The third-order valence-corrected chi connectivity index (χ3v) is 8.23. The van der Waals surface area contributed by atoms with Crippen LogP contribution in [0.5, 0.6) is 0 Å². The van der Waals surface area contributed by atoms with Crippen molar-refractivity contribution in [2.75, 3.05) is 19.8 Å². The molecule has 0 aromatic heterocycles. The van der Waals surface area contributed by atoms with Crippen LogP contribution in [0, 0.1) is 0 Å². The Balaban J connectivity index is 1.38. The SMILES string of the molecule is C=CCOC(=O)CN=C([O-])C(=NNC(=O)NC(c1ccccc1)c1ccccc1)[C@@H](CCC)N=C([O-])OCC1c2ccccc2-c2ccccc21. The van der Waals surface area contributed by atoms with Crippen molar-refractivity contribution in [1.29, 1.82) is 0 Å². The smallest absolute Gasteiger partial charge is 0.335 e. The van der Waals surface area contributed by atoms with Gasteiger partial charge in [0.05, 0.1) is 17.8 Å². The summed E-state index contributed by atoms with van der Waals surface area (Å²) in [6.45, 7) is 4.71. The van der Waals surface area contributed by atoms with Crippen LogP contribution in [0.1, 0.15) is 54.0 Å². The van der Waals surface area contributed by atoms with Crippen LogP contribution in [0.2, 0.25) is 0 Å². The molecule has 0 radical (unpaired) electrons. The summed E-state index contributed by atoms with van der Waals surface area (Å²) in [6.07, 6.45) is 1.18. The number of hydrogen-bond acceptors (Lipinski definition) is 9. The largest absolute Gasteiger partial charge is 0.858 e. The molecule has 0 spiro atoms. The first-order valence-electron chi connectivity index (χ1n) is 16.7. The Bertz CT molecular complexity index is 1810. The summed E-state index contributed by atoms with van der Waals surface area (Å²) in [6, 6.07) is 32.2. The van der Waals surface area contributed by atoms with Crippen LogP contribution in [-0.4, -0.2) is 55.5 Å². The van der Waals surface area contributed by atoms with E-state index in [9.17, 15) is 19.8 Å². The van der Waals surface area contributed by atoms with Crippen LogP contribution in [0.15, 0.2) is 137 Å². The number of hydrazone groups is 1. The maximum atomic E-state index is 13.4. The summed E-state index contributed by atoms with van der Waals surface area (Å²) in [5.41, 5.74) is 7.91. The van der Waals surface area contributed by atoms with E-state index in [4.69, 9.17) is 9.47 Å². The van der Waals surface area contributed by atoms with Gasteiger partial charge < -0.3 is 25.0 Å². The van der Waals surface area contributed by atoms with Crippen molar-refractivity contribution in [3.63, 3.8) is 0 Å². The van der Waals surface area contributed by atoms with E-state index in [1.54, 1.807) is 0 Å². The fourth-order valence-corrected chi connectivity index (χ4v) is 5.90. The first kappa shape index (κ1) is 36.1. The van der Waals surface area contributed by atoms with Crippen LogP contribution < -0.4 is 21.0 Å². The first-order valence-corrected chi connectivity index (χ1v) is 16.7. The van der Waals surface area contributed by atoms with Gasteiger partial charge in [0.2, 0.25) is 0 Å². The van der Waals surface area contributed by atoms with E-state index in [1.807, 2.05) is 116 Å². The van der Waals surface area contributed by atoms with E-state index >= 15 is 0 Å². The summed E-state index contributed by atoms with van der Waals surface area (Å²) in [4.78, 5) is 33.4. The lowest BCUT2D eigenvalue weighted by molar-refractivity contribution is -0.251. The highest BCUT2D eigenvalue weighted by Gasteiger charge is 2.27. The summed E-state index contributed by atoms with van der Waals surface area (Å²) >= 11 is 0. The number of esters is 1. The molecule has 0 bridgehead atoms. The fourth-order valence-electron chi connectivity index (χ4n) is 5.90. The second-order valence-corrected chi connectivity index (χ2v) is 11.7. The Kier molecular flexibility index (Phi) is 12.7. The average Bonchev–Trinajstić information content (AvgIpc) is 3.48. The lowest BCUT2D eigenvalue weighted by Gasteiger charge is -2.25. The number of fused-ring (bicyclic) bond motifs is 3. The average molecular weight is 686 g/mol. The summed E-state index contributed by atoms with van der Waals surface area (Å²) in [5, 5.41) is 33.7. The third-order valence-electron chi connectivity index (χ3n) is 8.23. The first-order chi connectivity index (χ1) is 24.9. The van der Waals surface area contributed by atoms with E-state index in [-0.39, 0.29) is 31.3 Å². The number of nitrogens with zero attached hydrogens (tertiary/aromatic N) is 3. The number of benzene rings is 4. The normalized spacial score (nSPS) is 13.6.